The molecule has 1 amide bonds. The van der Waals surface area contributed by atoms with Crippen LogP contribution in [0.2, 0.25) is 0 Å². The summed E-state index contributed by atoms with van der Waals surface area (Å²) in [5.74, 6) is -0.401. The summed E-state index contributed by atoms with van der Waals surface area (Å²) in [5.41, 5.74) is 3.03. The van der Waals surface area contributed by atoms with E-state index in [4.69, 9.17) is 0 Å². The topological polar surface area (TPSA) is 64.9 Å². The monoisotopic (exact) mass is 445 g/mol. The number of hydrogen-bond donors (Lipinski definition) is 2. The van der Waals surface area contributed by atoms with Crippen molar-refractivity contribution in [2.45, 2.75) is 19.8 Å². The molecule has 2 aromatic carbocycles. The van der Waals surface area contributed by atoms with Gasteiger partial charge in [-0.05, 0) is 71.7 Å². The minimum absolute atomic E-state index is 0.0673. The van der Waals surface area contributed by atoms with E-state index in [0.29, 0.717) is 6.54 Å². The van der Waals surface area contributed by atoms with Gasteiger partial charge >= 0.3 is 0 Å². The van der Waals surface area contributed by atoms with Gasteiger partial charge < -0.3 is 10.6 Å². The van der Waals surface area contributed by atoms with Crippen LogP contribution in [0.3, 0.4) is 0 Å². The Morgan fingerprint density at radius 3 is 2.68 bits per heavy atom. The lowest BCUT2D eigenvalue weighted by atomic mass is 10.1. The highest BCUT2D eigenvalue weighted by Crippen LogP contribution is 2.18. The normalized spacial score (nSPS) is 10.8. The second kappa shape index (κ2) is 9.84. The summed E-state index contributed by atoms with van der Waals surface area (Å²) in [6, 6.07) is 17.9. The van der Waals surface area contributed by atoms with Crippen molar-refractivity contribution in [3.8, 4) is 6.07 Å². The molecule has 128 valence electrons. The van der Waals surface area contributed by atoms with Crippen molar-refractivity contribution in [1.82, 2.24) is 5.32 Å². The summed E-state index contributed by atoms with van der Waals surface area (Å²) in [6.45, 7) is 2.63. The van der Waals surface area contributed by atoms with Crippen molar-refractivity contribution in [3.05, 3.63) is 75.0 Å². The SMILES string of the molecule is Cc1cc(I)ccc1NC(=O)/C(C#N)=C\NCCCc1ccccc1. The molecule has 25 heavy (non-hydrogen) atoms. The molecule has 0 aliphatic rings. The van der Waals surface area contributed by atoms with Crippen LogP contribution in [0.15, 0.2) is 60.3 Å². The average molecular weight is 445 g/mol. The Kier molecular flexibility index (Phi) is 7.48. The molecule has 5 heteroatoms. The standard InChI is InChI=1S/C20H20IN3O/c1-15-12-18(21)9-10-19(15)24-20(25)17(13-22)14-23-11-5-8-16-6-3-2-4-7-16/h2-4,6-7,9-10,12,14,23H,5,8,11H2,1H3,(H,24,25)/b17-14-. The lowest BCUT2D eigenvalue weighted by Gasteiger charge is -2.08. The number of nitriles is 1. The molecule has 0 saturated carbocycles. The number of carbonyl (C=O) groups excluding carboxylic acids is 1. The van der Waals surface area contributed by atoms with Gasteiger partial charge in [0.05, 0.1) is 0 Å². The van der Waals surface area contributed by atoms with E-state index in [1.807, 2.05) is 49.4 Å². The van der Waals surface area contributed by atoms with Crippen LogP contribution in [0.5, 0.6) is 0 Å². The largest absolute Gasteiger partial charge is 0.390 e. The predicted molar refractivity (Wildman–Crippen MR) is 109 cm³/mol. The van der Waals surface area contributed by atoms with Gasteiger partial charge in [0.15, 0.2) is 0 Å². The van der Waals surface area contributed by atoms with E-state index in [2.05, 4.69) is 45.4 Å². The predicted octanol–water partition coefficient (Wildman–Crippen LogP) is 4.17. The van der Waals surface area contributed by atoms with Crippen molar-refractivity contribution < 1.29 is 4.79 Å². The van der Waals surface area contributed by atoms with Crippen molar-refractivity contribution in [3.63, 3.8) is 0 Å². The number of amides is 1. The molecule has 0 saturated heterocycles. The number of nitrogens with zero attached hydrogens (tertiary/aromatic N) is 1. The molecule has 0 fully saturated rings. The third-order valence-corrected chi connectivity index (χ3v) is 4.35. The van der Waals surface area contributed by atoms with E-state index < -0.39 is 5.91 Å². The molecule has 0 aliphatic heterocycles. The smallest absolute Gasteiger partial charge is 0.267 e. The highest BCUT2D eigenvalue weighted by molar-refractivity contribution is 14.1. The zero-order chi connectivity index (χ0) is 18.1. The number of aryl methyl sites for hydroxylation is 2. The number of hydrogen-bond acceptors (Lipinski definition) is 3. The molecule has 0 atom stereocenters. The Labute approximate surface area is 162 Å². The fourth-order valence-corrected chi connectivity index (χ4v) is 2.97. The van der Waals surface area contributed by atoms with Gasteiger partial charge in [0.25, 0.3) is 5.91 Å². The van der Waals surface area contributed by atoms with Gasteiger partial charge in [-0.3, -0.25) is 4.79 Å². The number of rotatable bonds is 7. The van der Waals surface area contributed by atoms with E-state index in [1.165, 1.54) is 11.8 Å². The number of anilines is 1. The zero-order valence-electron chi connectivity index (χ0n) is 14.1. The van der Waals surface area contributed by atoms with E-state index >= 15 is 0 Å². The minimum Gasteiger partial charge on any atom is -0.390 e. The lowest BCUT2D eigenvalue weighted by Crippen LogP contribution is -2.18. The van der Waals surface area contributed by atoms with E-state index in [-0.39, 0.29) is 5.57 Å². The van der Waals surface area contributed by atoms with Gasteiger partial charge in [-0.25, -0.2) is 0 Å². The fourth-order valence-electron chi connectivity index (χ4n) is 2.32. The highest BCUT2D eigenvalue weighted by atomic mass is 127. The van der Waals surface area contributed by atoms with E-state index in [1.54, 1.807) is 0 Å². The maximum absolute atomic E-state index is 12.2. The first-order chi connectivity index (χ1) is 12.1. The molecule has 2 aromatic rings. The number of benzene rings is 2. The maximum atomic E-state index is 12.2. The molecular weight excluding hydrogens is 425 g/mol. The van der Waals surface area contributed by atoms with Gasteiger partial charge in [0.2, 0.25) is 0 Å². The summed E-state index contributed by atoms with van der Waals surface area (Å²) in [4.78, 5) is 12.2. The van der Waals surface area contributed by atoms with Crippen molar-refractivity contribution in [2.24, 2.45) is 0 Å². The maximum Gasteiger partial charge on any atom is 0.267 e. The molecule has 0 unspecified atom stereocenters. The van der Waals surface area contributed by atoms with Gasteiger partial charge in [0, 0.05) is 22.0 Å². The third kappa shape index (κ3) is 6.24. The van der Waals surface area contributed by atoms with E-state index in [9.17, 15) is 10.1 Å². The lowest BCUT2D eigenvalue weighted by molar-refractivity contribution is -0.112. The zero-order valence-corrected chi connectivity index (χ0v) is 16.2. The molecule has 0 aromatic heterocycles. The second-order valence-corrected chi connectivity index (χ2v) is 6.87. The van der Waals surface area contributed by atoms with Crippen LogP contribution in [0.4, 0.5) is 5.69 Å². The van der Waals surface area contributed by atoms with Crippen molar-refractivity contribution in [1.29, 1.82) is 5.26 Å². The Morgan fingerprint density at radius 1 is 1.24 bits per heavy atom. The highest BCUT2D eigenvalue weighted by Gasteiger charge is 2.10. The Hall–Kier alpha value is -2.33. The van der Waals surface area contributed by atoms with Crippen molar-refractivity contribution >= 4 is 34.2 Å². The summed E-state index contributed by atoms with van der Waals surface area (Å²) < 4.78 is 1.10. The van der Waals surface area contributed by atoms with Crippen molar-refractivity contribution in [2.75, 3.05) is 11.9 Å². The van der Waals surface area contributed by atoms with Crippen LogP contribution in [0.25, 0.3) is 0 Å². The number of halogens is 1. The first kappa shape index (κ1) is 19.0. The Bertz CT molecular complexity index is 794. The second-order valence-electron chi connectivity index (χ2n) is 5.63. The van der Waals surface area contributed by atoms with Crippen LogP contribution in [-0.2, 0) is 11.2 Å². The van der Waals surface area contributed by atoms with Gasteiger partial charge in [0.1, 0.15) is 11.6 Å². The van der Waals surface area contributed by atoms with Crippen LogP contribution >= 0.6 is 22.6 Å². The molecule has 2 rings (SSSR count). The molecule has 0 radical (unpaired) electrons. The van der Waals surface area contributed by atoms with Crippen LogP contribution < -0.4 is 10.6 Å². The van der Waals surface area contributed by atoms with Gasteiger partial charge in [-0.1, -0.05) is 30.3 Å². The van der Waals surface area contributed by atoms with Crippen LogP contribution in [0, 0.1) is 21.8 Å². The fraction of sp³-hybridized carbons (Fsp3) is 0.200. The molecule has 0 bridgehead atoms. The summed E-state index contributed by atoms with van der Waals surface area (Å²) in [5, 5.41) is 15.0. The molecule has 0 aliphatic carbocycles. The molecule has 2 N–H and O–H groups in total. The van der Waals surface area contributed by atoms with Crippen LogP contribution in [0.1, 0.15) is 17.5 Å². The third-order valence-electron chi connectivity index (χ3n) is 3.68. The number of carbonyl (C=O) groups is 1. The quantitative estimate of drug-likeness (QED) is 0.291. The van der Waals surface area contributed by atoms with Crippen LogP contribution in [-0.4, -0.2) is 12.5 Å². The summed E-state index contributed by atoms with van der Waals surface area (Å²) >= 11 is 2.22. The minimum atomic E-state index is -0.401. The van der Waals surface area contributed by atoms with E-state index in [0.717, 1.165) is 27.7 Å². The Balaban J connectivity index is 1.84. The molecular formula is C20H20IN3O. The average Bonchev–Trinajstić information content (AvgIpc) is 2.61. The summed E-state index contributed by atoms with van der Waals surface area (Å²) in [7, 11) is 0. The molecule has 4 nitrogen and oxygen atoms in total. The van der Waals surface area contributed by atoms with Gasteiger partial charge in [-0.2, -0.15) is 5.26 Å². The van der Waals surface area contributed by atoms with Gasteiger partial charge in [-0.15, -0.1) is 0 Å². The molecule has 0 heterocycles. The Morgan fingerprint density at radius 2 is 2.00 bits per heavy atom. The first-order valence-corrected chi connectivity index (χ1v) is 9.13. The first-order valence-electron chi connectivity index (χ1n) is 8.05. The number of nitrogens with one attached hydrogen (secondary N) is 2. The molecule has 0 spiro atoms. The summed E-state index contributed by atoms with van der Waals surface area (Å²) in [6.07, 6.45) is 3.37.